The highest BCUT2D eigenvalue weighted by Crippen LogP contribution is 2.18. The summed E-state index contributed by atoms with van der Waals surface area (Å²) in [6.07, 6.45) is 2.91. The molecule has 0 bridgehead atoms. The molecule has 1 aliphatic rings. The Balaban J connectivity index is 2.36. The van der Waals surface area contributed by atoms with E-state index in [9.17, 15) is 4.79 Å². The van der Waals surface area contributed by atoms with Crippen molar-refractivity contribution in [1.82, 2.24) is 4.90 Å². The van der Waals surface area contributed by atoms with Crippen LogP contribution in [0, 0.1) is 5.92 Å². The smallest absolute Gasteiger partial charge is 0.222 e. The van der Waals surface area contributed by atoms with Crippen LogP contribution < -0.4 is 0 Å². The third-order valence-electron chi connectivity index (χ3n) is 3.41. The molecule has 104 valence electrons. The Morgan fingerprint density at radius 3 is 2.94 bits per heavy atom. The highest BCUT2D eigenvalue weighted by Gasteiger charge is 2.27. The van der Waals surface area contributed by atoms with Crippen molar-refractivity contribution in [1.29, 1.82) is 0 Å². The van der Waals surface area contributed by atoms with Gasteiger partial charge in [-0.3, -0.25) is 4.79 Å². The van der Waals surface area contributed by atoms with Gasteiger partial charge in [-0.1, -0.05) is 12.1 Å². The molecule has 1 atom stereocenters. The molecule has 1 unspecified atom stereocenters. The third-order valence-corrected chi connectivity index (χ3v) is 3.41. The Bertz CT molecular complexity index is 292. The molecule has 0 radical (unpaired) electrons. The molecule has 1 rings (SSSR count). The first-order chi connectivity index (χ1) is 8.72. The van der Waals surface area contributed by atoms with E-state index in [1.807, 2.05) is 11.8 Å². The van der Waals surface area contributed by atoms with Crippen molar-refractivity contribution in [3.63, 3.8) is 0 Å². The molecule has 0 spiro atoms. The van der Waals surface area contributed by atoms with Gasteiger partial charge in [0.2, 0.25) is 5.91 Å². The zero-order valence-corrected chi connectivity index (χ0v) is 11.4. The van der Waals surface area contributed by atoms with Crippen LogP contribution in [0.25, 0.3) is 0 Å². The van der Waals surface area contributed by atoms with E-state index in [1.54, 1.807) is 0 Å². The second-order valence-corrected chi connectivity index (χ2v) is 4.59. The van der Waals surface area contributed by atoms with Crippen molar-refractivity contribution in [3.05, 3.63) is 0 Å². The van der Waals surface area contributed by atoms with Gasteiger partial charge in [-0.25, -0.2) is 0 Å². The fourth-order valence-corrected chi connectivity index (χ4v) is 2.27. The standard InChI is InChI=1S/C13H24N2O3/c1-3-11-10-15(8-7-12(11)14-17)13(16)6-5-9-18-4-2/h11,17H,3-10H2,1-2H3. The van der Waals surface area contributed by atoms with Gasteiger partial charge in [0.25, 0.3) is 0 Å². The lowest BCUT2D eigenvalue weighted by Crippen LogP contribution is -2.44. The number of hydrogen-bond donors (Lipinski definition) is 1. The number of nitrogens with zero attached hydrogens (tertiary/aromatic N) is 2. The SMILES string of the molecule is CCOCCCC(=O)N1CCC(=NO)C(CC)C1. The van der Waals surface area contributed by atoms with E-state index in [0.717, 1.165) is 18.6 Å². The van der Waals surface area contributed by atoms with E-state index in [2.05, 4.69) is 12.1 Å². The predicted molar refractivity (Wildman–Crippen MR) is 69.9 cm³/mol. The molecule has 5 nitrogen and oxygen atoms in total. The minimum Gasteiger partial charge on any atom is -0.411 e. The van der Waals surface area contributed by atoms with Crippen LogP contribution in [-0.4, -0.2) is 48.0 Å². The van der Waals surface area contributed by atoms with Crippen LogP contribution in [0.4, 0.5) is 0 Å². The van der Waals surface area contributed by atoms with Crippen molar-refractivity contribution in [3.8, 4) is 0 Å². The Kier molecular flexibility index (Phi) is 6.72. The third kappa shape index (κ3) is 4.29. The van der Waals surface area contributed by atoms with Gasteiger partial charge in [-0.15, -0.1) is 0 Å². The van der Waals surface area contributed by atoms with Gasteiger partial charge in [0, 0.05) is 45.1 Å². The number of carbonyl (C=O) groups excluding carboxylic acids is 1. The number of ether oxygens (including phenoxy) is 1. The molecule has 1 fully saturated rings. The summed E-state index contributed by atoms with van der Waals surface area (Å²) in [5, 5.41) is 12.2. The Hall–Kier alpha value is -1.10. The monoisotopic (exact) mass is 256 g/mol. The summed E-state index contributed by atoms with van der Waals surface area (Å²) < 4.78 is 5.23. The minimum absolute atomic E-state index is 0.185. The Labute approximate surface area is 109 Å². The molecule has 0 aromatic heterocycles. The summed E-state index contributed by atoms with van der Waals surface area (Å²) in [6, 6.07) is 0. The second-order valence-electron chi connectivity index (χ2n) is 4.59. The average Bonchev–Trinajstić information content (AvgIpc) is 2.42. The van der Waals surface area contributed by atoms with Crippen molar-refractivity contribution in [2.75, 3.05) is 26.3 Å². The first kappa shape index (κ1) is 15.0. The normalized spacial score (nSPS) is 22.4. The average molecular weight is 256 g/mol. The Morgan fingerprint density at radius 2 is 2.33 bits per heavy atom. The lowest BCUT2D eigenvalue weighted by atomic mass is 9.93. The summed E-state index contributed by atoms with van der Waals surface area (Å²) in [5.74, 6) is 0.393. The summed E-state index contributed by atoms with van der Waals surface area (Å²) in [4.78, 5) is 13.9. The molecule has 0 saturated carbocycles. The molecule has 1 aliphatic heterocycles. The van der Waals surface area contributed by atoms with E-state index in [4.69, 9.17) is 9.94 Å². The van der Waals surface area contributed by atoms with Crippen LogP contribution in [0.3, 0.4) is 0 Å². The van der Waals surface area contributed by atoms with Crippen LogP contribution in [0.2, 0.25) is 0 Å². The molecule has 1 heterocycles. The highest BCUT2D eigenvalue weighted by molar-refractivity contribution is 5.89. The zero-order chi connectivity index (χ0) is 13.4. The van der Waals surface area contributed by atoms with Crippen LogP contribution in [0.1, 0.15) is 39.5 Å². The summed E-state index contributed by atoms with van der Waals surface area (Å²) in [5.41, 5.74) is 0.830. The fraction of sp³-hybridized carbons (Fsp3) is 0.846. The van der Waals surface area contributed by atoms with Gasteiger partial charge in [0.15, 0.2) is 0 Å². The molecule has 0 aromatic carbocycles. The predicted octanol–water partition coefficient (Wildman–Crippen LogP) is 1.89. The van der Waals surface area contributed by atoms with E-state index < -0.39 is 0 Å². The number of piperidine rings is 1. The summed E-state index contributed by atoms with van der Waals surface area (Å²) in [6.45, 7) is 6.71. The first-order valence-corrected chi connectivity index (χ1v) is 6.79. The fourth-order valence-electron chi connectivity index (χ4n) is 2.27. The number of carbonyl (C=O) groups is 1. The number of oxime groups is 1. The first-order valence-electron chi connectivity index (χ1n) is 6.79. The molecule has 1 amide bonds. The van der Waals surface area contributed by atoms with Gasteiger partial charge in [-0.05, 0) is 19.8 Å². The van der Waals surface area contributed by atoms with Gasteiger partial charge < -0.3 is 14.8 Å². The molecule has 0 aromatic rings. The molecular formula is C13H24N2O3. The Morgan fingerprint density at radius 1 is 1.56 bits per heavy atom. The molecule has 5 heteroatoms. The maximum absolute atomic E-state index is 12.0. The minimum atomic E-state index is 0.185. The summed E-state index contributed by atoms with van der Waals surface area (Å²) >= 11 is 0. The molecular weight excluding hydrogens is 232 g/mol. The molecule has 0 aliphatic carbocycles. The number of rotatable bonds is 6. The number of amides is 1. The van der Waals surface area contributed by atoms with Crippen LogP contribution in [-0.2, 0) is 9.53 Å². The highest BCUT2D eigenvalue weighted by atomic mass is 16.5. The van der Waals surface area contributed by atoms with Crippen molar-refractivity contribution in [2.24, 2.45) is 11.1 Å². The van der Waals surface area contributed by atoms with E-state index in [0.29, 0.717) is 39.1 Å². The van der Waals surface area contributed by atoms with Gasteiger partial charge in [-0.2, -0.15) is 0 Å². The molecule has 18 heavy (non-hydrogen) atoms. The number of hydrogen-bond acceptors (Lipinski definition) is 4. The largest absolute Gasteiger partial charge is 0.411 e. The maximum Gasteiger partial charge on any atom is 0.222 e. The quantitative estimate of drug-likeness (QED) is 0.448. The lowest BCUT2D eigenvalue weighted by Gasteiger charge is -2.32. The topological polar surface area (TPSA) is 62.1 Å². The van der Waals surface area contributed by atoms with E-state index in [-0.39, 0.29) is 11.8 Å². The van der Waals surface area contributed by atoms with Crippen molar-refractivity contribution in [2.45, 2.75) is 39.5 Å². The molecule has 1 saturated heterocycles. The van der Waals surface area contributed by atoms with Crippen LogP contribution >= 0.6 is 0 Å². The summed E-state index contributed by atoms with van der Waals surface area (Å²) in [7, 11) is 0. The van der Waals surface area contributed by atoms with Crippen molar-refractivity contribution >= 4 is 11.6 Å². The van der Waals surface area contributed by atoms with Gasteiger partial charge >= 0.3 is 0 Å². The van der Waals surface area contributed by atoms with Gasteiger partial charge in [0.05, 0.1) is 5.71 Å². The van der Waals surface area contributed by atoms with E-state index >= 15 is 0 Å². The van der Waals surface area contributed by atoms with E-state index in [1.165, 1.54) is 0 Å². The number of likely N-dealkylation sites (tertiary alicyclic amines) is 1. The molecule has 1 N–H and O–H groups in total. The van der Waals surface area contributed by atoms with Crippen molar-refractivity contribution < 1.29 is 14.7 Å². The van der Waals surface area contributed by atoms with Gasteiger partial charge in [0.1, 0.15) is 0 Å². The van der Waals surface area contributed by atoms with Crippen LogP contribution in [0.5, 0.6) is 0 Å². The van der Waals surface area contributed by atoms with Crippen LogP contribution in [0.15, 0.2) is 5.16 Å². The zero-order valence-electron chi connectivity index (χ0n) is 11.4. The maximum atomic E-state index is 12.0. The lowest BCUT2D eigenvalue weighted by molar-refractivity contribution is -0.132. The second kappa shape index (κ2) is 8.08.